The van der Waals surface area contributed by atoms with E-state index < -0.39 is 49.3 Å². The molecule has 0 radical (unpaired) electrons. The Morgan fingerprint density at radius 3 is 2.32 bits per heavy atom. The van der Waals surface area contributed by atoms with Crippen molar-refractivity contribution in [3.05, 3.63) is 53.1 Å². The monoisotopic (exact) mass is 518 g/mol. The van der Waals surface area contributed by atoms with E-state index in [1.165, 1.54) is 20.3 Å². The second-order valence-electron chi connectivity index (χ2n) is 8.69. The molecule has 0 saturated carbocycles. The lowest BCUT2D eigenvalue weighted by Crippen LogP contribution is -2.60. The molecule has 7 atom stereocenters. The zero-order valence-electron chi connectivity index (χ0n) is 20.3. The topological polar surface area (TPSA) is 164 Å². The second kappa shape index (κ2) is 11.5. The molecule has 0 aromatic heterocycles. The van der Waals surface area contributed by atoms with Gasteiger partial charge in [-0.25, -0.2) is 0 Å². The van der Waals surface area contributed by atoms with Crippen LogP contribution in [-0.2, 0) is 9.53 Å². The van der Waals surface area contributed by atoms with Gasteiger partial charge in [0.1, 0.15) is 36.8 Å². The number of allylic oxidation sites excluding steroid dienone is 1. The highest BCUT2D eigenvalue weighted by Crippen LogP contribution is 2.51. The number of carbonyl (C=O) groups is 1. The van der Waals surface area contributed by atoms with Crippen molar-refractivity contribution >= 4 is 12.4 Å². The summed E-state index contributed by atoms with van der Waals surface area (Å²) in [4.78, 5) is 10.8. The Kier molecular flexibility index (Phi) is 8.32. The fourth-order valence-electron chi connectivity index (χ4n) is 4.56. The van der Waals surface area contributed by atoms with E-state index in [1.807, 2.05) is 6.07 Å². The number of ether oxygens (including phenoxy) is 5. The molecular weight excluding hydrogens is 488 g/mol. The van der Waals surface area contributed by atoms with Gasteiger partial charge in [0.25, 0.3) is 0 Å². The van der Waals surface area contributed by atoms with Gasteiger partial charge in [0.05, 0.1) is 33.4 Å². The molecule has 2 aliphatic rings. The van der Waals surface area contributed by atoms with E-state index in [0.29, 0.717) is 28.9 Å². The largest absolute Gasteiger partial charge is 0.493 e. The van der Waals surface area contributed by atoms with Crippen molar-refractivity contribution in [1.29, 1.82) is 0 Å². The van der Waals surface area contributed by atoms with Crippen molar-refractivity contribution in [2.45, 2.75) is 42.7 Å². The van der Waals surface area contributed by atoms with Gasteiger partial charge >= 0.3 is 0 Å². The molecule has 2 heterocycles. The summed E-state index contributed by atoms with van der Waals surface area (Å²) in [5.74, 6) is 0.919. The van der Waals surface area contributed by atoms with Crippen LogP contribution in [0.3, 0.4) is 0 Å². The van der Waals surface area contributed by atoms with E-state index in [2.05, 4.69) is 0 Å². The van der Waals surface area contributed by atoms with Gasteiger partial charge in [-0.15, -0.1) is 0 Å². The molecule has 0 spiro atoms. The molecule has 37 heavy (non-hydrogen) atoms. The van der Waals surface area contributed by atoms with Crippen molar-refractivity contribution < 1.29 is 54.0 Å². The van der Waals surface area contributed by atoms with Gasteiger partial charge in [-0.1, -0.05) is 12.1 Å². The number of methoxy groups -OCH3 is 2. The van der Waals surface area contributed by atoms with E-state index in [9.17, 15) is 30.3 Å². The Labute approximate surface area is 213 Å². The number of aliphatic hydroxyl groups excluding tert-OH is 5. The highest BCUT2D eigenvalue weighted by Gasteiger charge is 2.45. The molecule has 2 aromatic rings. The van der Waals surface area contributed by atoms with Crippen molar-refractivity contribution in [3.63, 3.8) is 0 Å². The summed E-state index contributed by atoms with van der Waals surface area (Å²) in [6.45, 7) is -0.813. The smallest absolute Gasteiger partial charge is 0.229 e. The minimum atomic E-state index is -1.59. The Hall–Kier alpha value is -3.19. The summed E-state index contributed by atoms with van der Waals surface area (Å²) >= 11 is 0. The molecule has 2 aliphatic heterocycles. The number of hydrogen-bond acceptors (Lipinski definition) is 11. The van der Waals surface area contributed by atoms with Crippen LogP contribution in [-0.4, -0.2) is 90.0 Å². The zero-order valence-corrected chi connectivity index (χ0v) is 20.3. The quantitative estimate of drug-likeness (QED) is 0.229. The Morgan fingerprint density at radius 1 is 0.919 bits per heavy atom. The van der Waals surface area contributed by atoms with Crippen LogP contribution in [0, 0.1) is 0 Å². The molecule has 11 heteroatoms. The van der Waals surface area contributed by atoms with Crippen LogP contribution in [0.1, 0.15) is 28.7 Å². The number of benzene rings is 2. The molecule has 5 N–H and O–H groups in total. The van der Waals surface area contributed by atoms with E-state index >= 15 is 0 Å². The molecule has 0 aliphatic carbocycles. The van der Waals surface area contributed by atoms with Crippen LogP contribution in [0.15, 0.2) is 36.4 Å². The van der Waals surface area contributed by atoms with Crippen molar-refractivity contribution in [2.75, 3.05) is 27.4 Å². The number of aliphatic hydroxyl groups is 5. The van der Waals surface area contributed by atoms with Crippen LogP contribution in [0.25, 0.3) is 6.08 Å². The van der Waals surface area contributed by atoms with Crippen LogP contribution in [0.5, 0.6) is 23.0 Å². The molecule has 0 bridgehead atoms. The lowest BCUT2D eigenvalue weighted by Gasteiger charge is -2.39. The molecule has 1 saturated heterocycles. The van der Waals surface area contributed by atoms with Crippen LogP contribution < -0.4 is 18.9 Å². The first-order chi connectivity index (χ1) is 17.9. The second-order valence-corrected chi connectivity index (χ2v) is 8.69. The highest BCUT2D eigenvalue weighted by molar-refractivity contribution is 5.75. The Bertz CT molecular complexity index is 1130. The summed E-state index contributed by atoms with van der Waals surface area (Å²) in [7, 11) is 2.92. The van der Waals surface area contributed by atoms with Gasteiger partial charge < -0.3 is 49.2 Å². The lowest BCUT2D eigenvalue weighted by atomic mass is 9.90. The standard InChI is InChI=1S/C26H30O11/c1-33-18-10-14(5-6-17(18)35-26-23(32)22(31)21(30)20(12-29)36-26)24-16(11-28)15-8-13(4-3-7-27)9-19(34-2)25(15)37-24/h3-10,16,20-24,26,28-32H,11-12H2,1-2H3/b4-3-/t16-,20-,21-,22+,23-,24+,26-/m0/s1. The SMILES string of the molecule is COc1cc([C@H]2Oc3c(OC)cc(/C=C\C=O)cc3[C@@H]2CO)ccc1O[C@H]1O[C@@H](CO)[C@H](O)[C@@H](O)[C@@H]1O. The normalized spacial score (nSPS) is 29.0. The molecule has 200 valence electrons. The first kappa shape index (κ1) is 26.9. The maximum atomic E-state index is 10.8. The van der Waals surface area contributed by atoms with E-state index in [-0.39, 0.29) is 18.1 Å². The predicted octanol–water partition coefficient (Wildman–Crippen LogP) is 0.304. The van der Waals surface area contributed by atoms with E-state index in [0.717, 1.165) is 5.56 Å². The first-order valence-corrected chi connectivity index (χ1v) is 11.6. The first-order valence-electron chi connectivity index (χ1n) is 11.6. The van der Waals surface area contributed by atoms with Crippen LogP contribution in [0.2, 0.25) is 0 Å². The number of hydrogen-bond donors (Lipinski definition) is 5. The van der Waals surface area contributed by atoms with Crippen molar-refractivity contribution in [3.8, 4) is 23.0 Å². The van der Waals surface area contributed by atoms with Gasteiger partial charge in [0.15, 0.2) is 23.0 Å². The molecule has 0 amide bonds. The molecule has 0 unspecified atom stereocenters. The number of aldehydes is 1. The molecule has 4 rings (SSSR count). The fraction of sp³-hybridized carbons (Fsp3) is 0.423. The van der Waals surface area contributed by atoms with Gasteiger partial charge in [0, 0.05) is 5.56 Å². The lowest BCUT2D eigenvalue weighted by molar-refractivity contribution is -0.277. The number of carbonyl (C=O) groups excluding carboxylic acids is 1. The maximum Gasteiger partial charge on any atom is 0.229 e. The third kappa shape index (κ3) is 5.14. The number of rotatable bonds is 9. The fourth-order valence-corrected chi connectivity index (χ4v) is 4.56. The van der Waals surface area contributed by atoms with Crippen molar-refractivity contribution in [1.82, 2.24) is 0 Å². The Morgan fingerprint density at radius 2 is 1.68 bits per heavy atom. The molecule has 2 aromatic carbocycles. The van der Waals surface area contributed by atoms with Gasteiger partial charge in [0.2, 0.25) is 6.29 Å². The molecule has 1 fully saturated rings. The highest BCUT2D eigenvalue weighted by atomic mass is 16.7. The van der Waals surface area contributed by atoms with E-state index in [4.69, 9.17) is 23.7 Å². The van der Waals surface area contributed by atoms with Gasteiger partial charge in [-0.05, 0) is 41.5 Å². The average molecular weight is 519 g/mol. The van der Waals surface area contributed by atoms with E-state index in [1.54, 1.807) is 30.3 Å². The van der Waals surface area contributed by atoms with Crippen LogP contribution in [0.4, 0.5) is 0 Å². The summed E-state index contributed by atoms with van der Waals surface area (Å²) < 4.78 is 28.3. The Balaban J connectivity index is 1.62. The van der Waals surface area contributed by atoms with Gasteiger partial charge in [-0.2, -0.15) is 0 Å². The van der Waals surface area contributed by atoms with Gasteiger partial charge in [-0.3, -0.25) is 4.79 Å². The zero-order chi connectivity index (χ0) is 26.7. The average Bonchev–Trinajstić information content (AvgIpc) is 3.30. The third-order valence-electron chi connectivity index (χ3n) is 6.51. The molecular formula is C26H30O11. The number of fused-ring (bicyclic) bond motifs is 1. The van der Waals surface area contributed by atoms with Crippen molar-refractivity contribution in [2.24, 2.45) is 0 Å². The minimum absolute atomic E-state index is 0.172. The summed E-state index contributed by atoms with van der Waals surface area (Å²) in [6.07, 6.45) is -4.11. The summed E-state index contributed by atoms with van der Waals surface area (Å²) in [5.41, 5.74) is 2.09. The maximum absolute atomic E-state index is 10.8. The molecule has 11 nitrogen and oxygen atoms in total. The third-order valence-corrected chi connectivity index (χ3v) is 6.51. The summed E-state index contributed by atoms with van der Waals surface area (Å²) in [6, 6.07) is 8.46. The summed E-state index contributed by atoms with van der Waals surface area (Å²) in [5, 5.41) is 50.0. The predicted molar refractivity (Wildman–Crippen MR) is 129 cm³/mol. The van der Waals surface area contributed by atoms with Crippen LogP contribution >= 0.6 is 0 Å². The minimum Gasteiger partial charge on any atom is -0.493 e.